The number of para-hydroxylation sites is 3. The molecule has 0 fully saturated rings. The van der Waals surface area contributed by atoms with E-state index in [-0.39, 0.29) is 18.4 Å². The third-order valence-electron chi connectivity index (χ3n) is 6.79. The lowest BCUT2D eigenvalue weighted by atomic mass is 10.0. The molecular formula is C32H26N4O3S. The Bertz CT molecular complexity index is 1650. The Morgan fingerprint density at radius 3 is 2.27 bits per heavy atom. The summed E-state index contributed by atoms with van der Waals surface area (Å²) in [6, 6.07) is 34.7. The molecular weight excluding hydrogens is 520 g/mol. The molecule has 0 saturated heterocycles. The van der Waals surface area contributed by atoms with Crippen LogP contribution in [0.3, 0.4) is 0 Å². The quantitative estimate of drug-likeness (QED) is 0.252. The molecule has 1 aliphatic rings. The number of nitrogens with one attached hydrogen (secondary N) is 3. The van der Waals surface area contributed by atoms with E-state index in [0.717, 1.165) is 21.4 Å². The van der Waals surface area contributed by atoms with E-state index < -0.39 is 17.2 Å². The number of fused-ring (bicyclic) bond motifs is 2. The summed E-state index contributed by atoms with van der Waals surface area (Å²) in [6.07, 6.45) is 0. The van der Waals surface area contributed by atoms with Crippen LogP contribution >= 0.6 is 11.8 Å². The summed E-state index contributed by atoms with van der Waals surface area (Å²) in [5.74, 6) is -1.09. The second kappa shape index (κ2) is 11.1. The molecule has 198 valence electrons. The topological polar surface area (TPSA) is 94.3 Å². The number of aromatic nitrogens is 1. The second-order valence-corrected chi connectivity index (χ2v) is 10.7. The number of nitrogens with zero attached hydrogens (tertiary/aromatic N) is 1. The van der Waals surface area contributed by atoms with Gasteiger partial charge in [0.1, 0.15) is 18.3 Å². The summed E-state index contributed by atoms with van der Waals surface area (Å²) in [4.78, 5) is 46.5. The molecule has 7 nitrogen and oxygen atoms in total. The summed E-state index contributed by atoms with van der Waals surface area (Å²) < 4.78 is 0. The van der Waals surface area contributed by atoms with Crippen LogP contribution in [0.1, 0.15) is 21.3 Å². The number of amides is 3. The van der Waals surface area contributed by atoms with Gasteiger partial charge in [-0.25, -0.2) is 0 Å². The lowest BCUT2D eigenvalue weighted by Crippen LogP contribution is -2.52. The van der Waals surface area contributed by atoms with Gasteiger partial charge in [0.25, 0.3) is 11.8 Å². The SMILES string of the molecule is O=C(CN1C(=O)[C@@H](NC(=O)c2cc3ccccc3[nH]2)[C@H](c2ccccc2)Sc2ccccc21)Nc1ccccc1. The van der Waals surface area contributed by atoms with Gasteiger partial charge in [0.05, 0.1) is 10.9 Å². The largest absolute Gasteiger partial charge is 0.351 e. The van der Waals surface area contributed by atoms with Gasteiger partial charge in [-0.1, -0.05) is 78.9 Å². The molecule has 0 saturated carbocycles. The maximum Gasteiger partial charge on any atom is 0.268 e. The number of hydrogen-bond donors (Lipinski definition) is 3. The highest BCUT2D eigenvalue weighted by Gasteiger charge is 2.40. The summed E-state index contributed by atoms with van der Waals surface area (Å²) in [5.41, 5.74) is 3.36. The average molecular weight is 547 g/mol. The fraction of sp³-hybridized carbons (Fsp3) is 0.0938. The van der Waals surface area contributed by atoms with E-state index in [9.17, 15) is 14.4 Å². The molecule has 3 amide bonds. The van der Waals surface area contributed by atoms with Crippen LogP contribution in [0, 0.1) is 0 Å². The van der Waals surface area contributed by atoms with Crippen LogP contribution in [0.5, 0.6) is 0 Å². The van der Waals surface area contributed by atoms with Crippen LogP contribution in [-0.2, 0) is 9.59 Å². The molecule has 0 radical (unpaired) electrons. The van der Waals surface area contributed by atoms with Crippen molar-refractivity contribution in [1.29, 1.82) is 0 Å². The van der Waals surface area contributed by atoms with Crippen molar-refractivity contribution in [2.45, 2.75) is 16.2 Å². The molecule has 0 unspecified atom stereocenters. The lowest BCUT2D eigenvalue weighted by Gasteiger charge is -2.28. The Morgan fingerprint density at radius 2 is 1.50 bits per heavy atom. The van der Waals surface area contributed by atoms with Gasteiger partial charge in [-0.15, -0.1) is 11.8 Å². The van der Waals surface area contributed by atoms with E-state index in [2.05, 4.69) is 15.6 Å². The van der Waals surface area contributed by atoms with Gasteiger partial charge >= 0.3 is 0 Å². The molecule has 40 heavy (non-hydrogen) atoms. The molecule has 6 rings (SSSR count). The van der Waals surface area contributed by atoms with Gasteiger partial charge in [-0.2, -0.15) is 0 Å². The molecule has 3 N–H and O–H groups in total. The predicted octanol–water partition coefficient (Wildman–Crippen LogP) is 5.79. The summed E-state index contributed by atoms with van der Waals surface area (Å²) in [7, 11) is 0. The number of carbonyl (C=O) groups is 3. The third-order valence-corrected chi connectivity index (χ3v) is 8.19. The maximum absolute atomic E-state index is 14.3. The highest BCUT2D eigenvalue weighted by molar-refractivity contribution is 7.99. The smallest absolute Gasteiger partial charge is 0.268 e. The number of H-pyrrole nitrogens is 1. The van der Waals surface area contributed by atoms with Gasteiger partial charge in [0.2, 0.25) is 5.91 Å². The molecule has 0 bridgehead atoms. The zero-order valence-electron chi connectivity index (χ0n) is 21.4. The summed E-state index contributed by atoms with van der Waals surface area (Å²) >= 11 is 1.50. The minimum absolute atomic E-state index is 0.203. The fourth-order valence-electron chi connectivity index (χ4n) is 4.88. The first kappa shape index (κ1) is 25.5. The number of thioether (sulfide) groups is 1. The maximum atomic E-state index is 14.3. The van der Waals surface area contributed by atoms with E-state index in [1.54, 1.807) is 18.2 Å². The van der Waals surface area contributed by atoms with Crippen LogP contribution in [-0.4, -0.2) is 35.3 Å². The monoisotopic (exact) mass is 546 g/mol. The van der Waals surface area contributed by atoms with Crippen molar-refractivity contribution in [3.63, 3.8) is 0 Å². The molecule has 4 aromatic carbocycles. The van der Waals surface area contributed by atoms with E-state index in [1.807, 2.05) is 97.1 Å². The Morgan fingerprint density at radius 1 is 0.825 bits per heavy atom. The van der Waals surface area contributed by atoms with Gasteiger partial charge in [0.15, 0.2) is 0 Å². The van der Waals surface area contributed by atoms with E-state index in [1.165, 1.54) is 16.7 Å². The van der Waals surface area contributed by atoms with Crippen LogP contribution in [0.25, 0.3) is 10.9 Å². The van der Waals surface area contributed by atoms with Gasteiger partial charge in [0, 0.05) is 21.5 Å². The molecule has 1 aromatic heterocycles. The Labute approximate surface area is 235 Å². The van der Waals surface area contributed by atoms with E-state index in [0.29, 0.717) is 17.1 Å². The minimum atomic E-state index is -0.941. The normalized spacial score (nSPS) is 16.7. The number of aromatic amines is 1. The lowest BCUT2D eigenvalue weighted by molar-refractivity contribution is -0.123. The zero-order valence-corrected chi connectivity index (χ0v) is 22.2. The molecule has 2 heterocycles. The number of hydrogen-bond acceptors (Lipinski definition) is 4. The first-order chi connectivity index (χ1) is 19.6. The highest BCUT2D eigenvalue weighted by Crippen LogP contribution is 2.45. The van der Waals surface area contributed by atoms with Crippen molar-refractivity contribution in [2.75, 3.05) is 16.8 Å². The van der Waals surface area contributed by atoms with Crippen LogP contribution in [0.4, 0.5) is 11.4 Å². The number of benzene rings is 4. The fourth-order valence-corrected chi connectivity index (χ4v) is 6.23. The summed E-state index contributed by atoms with van der Waals surface area (Å²) in [6.45, 7) is -0.203. The summed E-state index contributed by atoms with van der Waals surface area (Å²) in [5, 5.41) is 6.35. The molecule has 0 aliphatic carbocycles. The van der Waals surface area contributed by atoms with Crippen LogP contribution in [0.2, 0.25) is 0 Å². The zero-order chi connectivity index (χ0) is 27.5. The van der Waals surface area contributed by atoms with Gasteiger partial charge in [-0.3, -0.25) is 14.4 Å². The number of carbonyl (C=O) groups excluding carboxylic acids is 3. The number of rotatable bonds is 6. The van der Waals surface area contributed by atoms with Crippen molar-refractivity contribution in [1.82, 2.24) is 10.3 Å². The van der Waals surface area contributed by atoms with E-state index in [4.69, 9.17) is 0 Å². The van der Waals surface area contributed by atoms with Gasteiger partial charge < -0.3 is 20.5 Å². The Hall–Kier alpha value is -4.82. The first-order valence-electron chi connectivity index (χ1n) is 12.9. The molecule has 0 spiro atoms. The Kier molecular flexibility index (Phi) is 7.08. The van der Waals surface area contributed by atoms with Crippen molar-refractivity contribution in [3.8, 4) is 0 Å². The molecule has 2 atom stereocenters. The van der Waals surface area contributed by atoms with E-state index >= 15 is 0 Å². The molecule has 8 heteroatoms. The standard InChI is InChI=1S/C32H26N4O3S/c37-28(33-23-14-5-2-6-15-23)20-36-26-17-9-10-18-27(26)40-30(21-11-3-1-4-12-21)29(32(36)39)35-31(38)25-19-22-13-7-8-16-24(22)34-25/h1-19,29-30,34H,20H2,(H,33,37)(H,35,38)/t29-,30-/m0/s1. The van der Waals surface area contributed by atoms with Crippen LogP contribution in [0.15, 0.2) is 120 Å². The second-order valence-electron chi connectivity index (χ2n) is 9.48. The van der Waals surface area contributed by atoms with Crippen molar-refractivity contribution in [2.24, 2.45) is 0 Å². The average Bonchev–Trinajstić information content (AvgIpc) is 3.39. The Balaban J connectivity index is 1.37. The van der Waals surface area contributed by atoms with Gasteiger partial charge in [-0.05, 0) is 42.0 Å². The van der Waals surface area contributed by atoms with Crippen molar-refractivity contribution in [3.05, 3.63) is 127 Å². The van der Waals surface area contributed by atoms with Crippen molar-refractivity contribution >= 4 is 51.8 Å². The highest BCUT2D eigenvalue weighted by atomic mass is 32.2. The minimum Gasteiger partial charge on any atom is -0.351 e. The molecule has 5 aromatic rings. The van der Waals surface area contributed by atoms with Crippen LogP contribution < -0.4 is 15.5 Å². The van der Waals surface area contributed by atoms with Crippen molar-refractivity contribution < 1.29 is 14.4 Å². The predicted molar refractivity (Wildman–Crippen MR) is 158 cm³/mol. The third kappa shape index (κ3) is 5.21. The molecule has 1 aliphatic heterocycles. The first-order valence-corrected chi connectivity index (χ1v) is 13.8. The number of anilines is 2.